The monoisotopic (exact) mass is 253 g/mol. The molecule has 3 rings (SSSR count). The van der Waals surface area contributed by atoms with Crippen LogP contribution in [0.2, 0.25) is 0 Å². The van der Waals surface area contributed by atoms with Gasteiger partial charge in [-0.05, 0) is 19.3 Å². The quantitative estimate of drug-likeness (QED) is 0.617. The van der Waals surface area contributed by atoms with Gasteiger partial charge in [0, 0.05) is 19.7 Å². The molecule has 0 aliphatic carbocycles. The van der Waals surface area contributed by atoms with Crippen LogP contribution in [0.1, 0.15) is 19.3 Å². The van der Waals surface area contributed by atoms with Crippen molar-refractivity contribution >= 4 is 11.8 Å². The summed E-state index contributed by atoms with van der Waals surface area (Å²) in [5, 5.41) is 2.84. The van der Waals surface area contributed by atoms with Gasteiger partial charge in [0.1, 0.15) is 5.54 Å². The topological polar surface area (TPSA) is 84.7 Å². The van der Waals surface area contributed by atoms with Crippen LogP contribution < -0.4 is 11.1 Å². The van der Waals surface area contributed by atoms with Gasteiger partial charge in [0.15, 0.2) is 0 Å². The maximum Gasteiger partial charge on any atom is 0.245 e. The minimum absolute atomic E-state index is 0.0141. The molecule has 2 amide bonds. The number of hydrogen-bond donors (Lipinski definition) is 2. The standard InChI is InChI=1S/C12H19N3O3/c13-12(3-5-18-7-12)11(17)15-4-1-2-8-9(15)6-14-10(8)16/h8-9H,1-7,13H2,(H,14,16). The average Bonchev–Trinajstić information content (AvgIpc) is 2.97. The zero-order valence-electron chi connectivity index (χ0n) is 10.4. The molecule has 0 bridgehead atoms. The Morgan fingerprint density at radius 2 is 2.39 bits per heavy atom. The molecule has 3 aliphatic heterocycles. The lowest BCUT2D eigenvalue weighted by Crippen LogP contribution is -2.61. The number of likely N-dealkylation sites (tertiary alicyclic amines) is 1. The lowest BCUT2D eigenvalue weighted by molar-refractivity contribution is -0.142. The van der Waals surface area contributed by atoms with E-state index in [-0.39, 0.29) is 23.8 Å². The third-order valence-corrected chi connectivity index (χ3v) is 4.34. The number of fused-ring (bicyclic) bond motifs is 1. The molecule has 3 atom stereocenters. The summed E-state index contributed by atoms with van der Waals surface area (Å²) < 4.78 is 5.25. The molecule has 100 valence electrons. The van der Waals surface area contributed by atoms with E-state index in [0.717, 1.165) is 12.8 Å². The second-order valence-corrected chi connectivity index (χ2v) is 5.52. The van der Waals surface area contributed by atoms with Crippen LogP contribution in [-0.2, 0) is 14.3 Å². The first kappa shape index (κ1) is 11.9. The molecular weight excluding hydrogens is 234 g/mol. The van der Waals surface area contributed by atoms with Crippen LogP contribution in [0.5, 0.6) is 0 Å². The van der Waals surface area contributed by atoms with Crippen molar-refractivity contribution < 1.29 is 14.3 Å². The van der Waals surface area contributed by atoms with Crippen LogP contribution in [0.15, 0.2) is 0 Å². The van der Waals surface area contributed by atoms with Gasteiger partial charge >= 0.3 is 0 Å². The van der Waals surface area contributed by atoms with Gasteiger partial charge in [-0.25, -0.2) is 0 Å². The molecular formula is C12H19N3O3. The molecule has 3 unspecified atom stereocenters. The predicted molar refractivity (Wildman–Crippen MR) is 63.6 cm³/mol. The normalized spacial score (nSPS) is 39.6. The molecule has 0 saturated carbocycles. The van der Waals surface area contributed by atoms with Crippen LogP contribution in [0.3, 0.4) is 0 Å². The highest BCUT2D eigenvalue weighted by Gasteiger charge is 2.48. The summed E-state index contributed by atoms with van der Waals surface area (Å²) in [6.07, 6.45) is 2.31. The van der Waals surface area contributed by atoms with Crippen LogP contribution in [0.25, 0.3) is 0 Å². The molecule has 3 fully saturated rings. The smallest absolute Gasteiger partial charge is 0.245 e. The summed E-state index contributed by atoms with van der Waals surface area (Å²) in [4.78, 5) is 26.0. The van der Waals surface area contributed by atoms with E-state index in [1.54, 1.807) is 4.90 Å². The van der Waals surface area contributed by atoms with Gasteiger partial charge in [0.05, 0.1) is 18.6 Å². The molecule has 6 nitrogen and oxygen atoms in total. The number of hydrogen-bond acceptors (Lipinski definition) is 4. The van der Waals surface area contributed by atoms with Gasteiger partial charge in [-0.1, -0.05) is 0 Å². The zero-order valence-corrected chi connectivity index (χ0v) is 10.4. The van der Waals surface area contributed by atoms with E-state index in [2.05, 4.69) is 5.32 Å². The minimum atomic E-state index is -0.881. The molecule has 0 spiro atoms. The van der Waals surface area contributed by atoms with Crippen LogP contribution in [-0.4, -0.2) is 54.6 Å². The van der Waals surface area contributed by atoms with Crippen molar-refractivity contribution in [1.82, 2.24) is 10.2 Å². The van der Waals surface area contributed by atoms with Gasteiger partial charge < -0.3 is 20.7 Å². The molecule has 3 N–H and O–H groups in total. The maximum absolute atomic E-state index is 12.6. The Morgan fingerprint density at radius 1 is 1.56 bits per heavy atom. The van der Waals surface area contributed by atoms with Crippen molar-refractivity contribution in [2.75, 3.05) is 26.3 Å². The largest absolute Gasteiger partial charge is 0.379 e. The van der Waals surface area contributed by atoms with E-state index in [9.17, 15) is 9.59 Å². The molecule has 3 heterocycles. The highest BCUT2D eigenvalue weighted by Crippen LogP contribution is 2.30. The van der Waals surface area contributed by atoms with Gasteiger partial charge in [-0.2, -0.15) is 0 Å². The number of rotatable bonds is 1. The fraction of sp³-hybridized carbons (Fsp3) is 0.833. The third kappa shape index (κ3) is 1.71. The Bertz CT molecular complexity index is 379. The summed E-state index contributed by atoms with van der Waals surface area (Å²) in [7, 11) is 0. The van der Waals surface area contributed by atoms with Gasteiger partial charge in [0.25, 0.3) is 0 Å². The molecule has 6 heteroatoms. The Kier molecular flexibility index (Phi) is 2.79. The van der Waals surface area contributed by atoms with Gasteiger partial charge in [0.2, 0.25) is 11.8 Å². The second kappa shape index (κ2) is 4.20. The minimum Gasteiger partial charge on any atom is -0.379 e. The van der Waals surface area contributed by atoms with E-state index < -0.39 is 5.54 Å². The van der Waals surface area contributed by atoms with Crippen LogP contribution in [0, 0.1) is 5.92 Å². The molecule has 0 aromatic carbocycles. The summed E-state index contributed by atoms with van der Waals surface area (Å²) in [6, 6.07) is -0.0141. The highest BCUT2D eigenvalue weighted by atomic mass is 16.5. The SMILES string of the molecule is NC1(C(=O)N2CCCC3C(=O)NCC32)CCOC1. The fourth-order valence-corrected chi connectivity index (χ4v) is 3.24. The Balaban J connectivity index is 1.79. The first-order chi connectivity index (χ1) is 8.62. The van der Waals surface area contributed by atoms with Gasteiger partial charge in [-0.15, -0.1) is 0 Å². The number of piperidine rings is 1. The van der Waals surface area contributed by atoms with Crippen molar-refractivity contribution in [2.24, 2.45) is 11.7 Å². The second-order valence-electron chi connectivity index (χ2n) is 5.52. The third-order valence-electron chi connectivity index (χ3n) is 4.34. The number of carbonyl (C=O) groups is 2. The summed E-state index contributed by atoms with van der Waals surface area (Å²) in [6.45, 7) is 2.10. The molecule has 0 radical (unpaired) electrons. The van der Waals surface area contributed by atoms with Crippen molar-refractivity contribution in [2.45, 2.75) is 30.8 Å². The summed E-state index contributed by atoms with van der Waals surface area (Å²) in [5.41, 5.74) is 5.25. The molecule has 0 aromatic heterocycles. The van der Waals surface area contributed by atoms with E-state index in [0.29, 0.717) is 32.7 Å². The Morgan fingerprint density at radius 3 is 3.11 bits per heavy atom. The summed E-state index contributed by atoms with van der Waals surface area (Å²) in [5.74, 6) is -0.0222. The van der Waals surface area contributed by atoms with Crippen LogP contribution in [0.4, 0.5) is 0 Å². The highest BCUT2D eigenvalue weighted by molar-refractivity contribution is 5.89. The Labute approximate surface area is 106 Å². The molecule has 18 heavy (non-hydrogen) atoms. The Hall–Kier alpha value is -1.14. The first-order valence-electron chi connectivity index (χ1n) is 6.57. The lowest BCUT2D eigenvalue weighted by Gasteiger charge is -2.39. The van der Waals surface area contributed by atoms with E-state index >= 15 is 0 Å². The fourth-order valence-electron chi connectivity index (χ4n) is 3.24. The molecule has 3 aliphatic rings. The number of ether oxygens (including phenoxy) is 1. The van der Waals surface area contributed by atoms with E-state index in [1.807, 2.05) is 0 Å². The van der Waals surface area contributed by atoms with Crippen LogP contribution >= 0.6 is 0 Å². The number of nitrogens with two attached hydrogens (primary N) is 1. The van der Waals surface area contributed by atoms with E-state index in [1.165, 1.54) is 0 Å². The van der Waals surface area contributed by atoms with Crippen molar-refractivity contribution in [3.05, 3.63) is 0 Å². The van der Waals surface area contributed by atoms with Crippen molar-refractivity contribution in [3.63, 3.8) is 0 Å². The predicted octanol–water partition coefficient (Wildman–Crippen LogP) is -1.16. The lowest BCUT2D eigenvalue weighted by atomic mass is 9.88. The van der Waals surface area contributed by atoms with Crippen molar-refractivity contribution in [1.29, 1.82) is 0 Å². The summed E-state index contributed by atoms with van der Waals surface area (Å²) >= 11 is 0. The number of nitrogens with one attached hydrogen (secondary N) is 1. The number of amides is 2. The van der Waals surface area contributed by atoms with Crippen molar-refractivity contribution in [3.8, 4) is 0 Å². The number of nitrogens with zero attached hydrogens (tertiary/aromatic N) is 1. The molecule has 0 aromatic rings. The average molecular weight is 253 g/mol. The maximum atomic E-state index is 12.6. The zero-order chi connectivity index (χ0) is 12.8. The van der Waals surface area contributed by atoms with Gasteiger partial charge in [-0.3, -0.25) is 9.59 Å². The van der Waals surface area contributed by atoms with E-state index in [4.69, 9.17) is 10.5 Å². The number of carbonyl (C=O) groups excluding carboxylic acids is 2. The first-order valence-corrected chi connectivity index (χ1v) is 6.57. The molecule has 3 saturated heterocycles.